The molecule has 0 heterocycles. The monoisotopic (exact) mass is 326 g/mol. The van der Waals surface area contributed by atoms with Crippen molar-refractivity contribution in [2.75, 3.05) is 0 Å². The van der Waals surface area contributed by atoms with Gasteiger partial charge in [0.2, 0.25) is 0 Å². The Kier molecular flexibility index (Phi) is 9.14. The molecule has 5 atom stereocenters. The second-order valence-electron chi connectivity index (χ2n) is 6.32. The zero-order valence-electron chi connectivity index (χ0n) is 13.8. The first-order chi connectivity index (χ1) is 11.0. The molecule has 1 aliphatic rings. The molecule has 132 valence electrons. The molecule has 0 bridgehead atoms. The van der Waals surface area contributed by atoms with Crippen LogP contribution in [0.5, 0.6) is 0 Å². The lowest BCUT2D eigenvalue weighted by Crippen LogP contribution is -2.20. The van der Waals surface area contributed by atoms with Gasteiger partial charge in [-0.05, 0) is 31.6 Å². The fourth-order valence-corrected chi connectivity index (χ4v) is 3.16. The number of hydrogen-bond donors (Lipinski definition) is 4. The Morgan fingerprint density at radius 2 is 1.96 bits per heavy atom. The lowest BCUT2D eigenvalue weighted by atomic mass is 9.90. The molecule has 1 rings (SSSR count). The van der Waals surface area contributed by atoms with Crippen molar-refractivity contribution in [1.29, 1.82) is 0 Å². The van der Waals surface area contributed by atoms with Crippen LogP contribution >= 0.6 is 0 Å². The molecule has 5 nitrogen and oxygen atoms in total. The molecule has 0 saturated heterocycles. The van der Waals surface area contributed by atoms with Crippen molar-refractivity contribution in [3.8, 4) is 0 Å². The Balaban J connectivity index is 2.27. The summed E-state index contributed by atoms with van der Waals surface area (Å²) < 4.78 is 0. The minimum absolute atomic E-state index is 0.0539. The summed E-state index contributed by atoms with van der Waals surface area (Å²) in [4.78, 5) is 10.4. The molecule has 0 spiro atoms. The van der Waals surface area contributed by atoms with Gasteiger partial charge in [-0.2, -0.15) is 0 Å². The maximum Gasteiger partial charge on any atom is 0.303 e. The Hall–Kier alpha value is -1.17. The van der Waals surface area contributed by atoms with Gasteiger partial charge in [-0.25, -0.2) is 0 Å². The predicted octanol–water partition coefficient (Wildman–Crippen LogP) is 2.26. The van der Waals surface area contributed by atoms with Crippen LogP contribution in [0.15, 0.2) is 24.3 Å². The number of carboxylic acids is 1. The number of aliphatic hydroxyl groups excluding tert-OH is 3. The van der Waals surface area contributed by atoms with E-state index in [9.17, 15) is 20.1 Å². The lowest BCUT2D eigenvalue weighted by Gasteiger charge is -2.19. The summed E-state index contributed by atoms with van der Waals surface area (Å²) in [6.45, 7) is 2.00. The third kappa shape index (κ3) is 7.29. The summed E-state index contributed by atoms with van der Waals surface area (Å²) in [6, 6.07) is 0. The Morgan fingerprint density at radius 1 is 1.22 bits per heavy atom. The van der Waals surface area contributed by atoms with Crippen LogP contribution in [-0.2, 0) is 4.79 Å². The average molecular weight is 326 g/mol. The van der Waals surface area contributed by atoms with Gasteiger partial charge in [-0.3, -0.25) is 4.79 Å². The van der Waals surface area contributed by atoms with Gasteiger partial charge in [-0.15, -0.1) is 0 Å². The number of hydrogen-bond acceptors (Lipinski definition) is 4. The molecule has 0 aromatic rings. The predicted molar refractivity (Wildman–Crippen MR) is 88.9 cm³/mol. The van der Waals surface area contributed by atoms with E-state index in [0.29, 0.717) is 19.3 Å². The summed E-state index contributed by atoms with van der Waals surface area (Å²) in [7, 11) is 0. The fraction of sp³-hybridized carbons (Fsp3) is 0.722. The Morgan fingerprint density at radius 3 is 2.61 bits per heavy atom. The maximum absolute atomic E-state index is 10.4. The van der Waals surface area contributed by atoms with Crippen LogP contribution in [0.2, 0.25) is 0 Å². The van der Waals surface area contributed by atoms with Crippen LogP contribution in [0.1, 0.15) is 51.9 Å². The summed E-state index contributed by atoms with van der Waals surface area (Å²) in [5, 5.41) is 38.3. The largest absolute Gasteiger partial charge is 0.481 e. The maximum atomic E-state index is 10.4. The highest BCUT2D eigenvalue weighted by Crippen LogP contribution is 2.35. The van der Waals surface area contributed by atoms with Gasteiger partial charge in [0.15, 0.2) is 0 Å². The van der Waals surface area contributed by atoms with Crippen molar-refractivity contribution in [2.45, 2.75) is 70.2 Å². The van der Waals surface area contributed by atoms with Crippen molar-refractivity contribution >= 4 is 5.97 Å². The standard InChI is InChI=1S/C18H30O5/c1-2-14-15(17(21)12-16(14)20)11-10-13(19)8-6-4-3-5-7-9-18(22)23/h4,6,10-11,13-17,19-21H,2-3,5,7-9,12H2,1H3,(H,22,23)/b6-4-,11-10+/t13-,14+,15-,16-,17+/m1/s1. The minimum atomic E-state index is -0.765. The van der Waals surface area contributed by atoms with Gasteiger partial charge < -0.3 is 20.4 Å². The molecule has 1 saturated carbocycles. The normalized spacial score (nSPS) is 29.6. The SMILES string of the molecule is CC[C@H]1[C@@H](/C=C/[C@H](O)C/C=C\CCCCC(=O)O)[C@@H](O)C[C@H]1O. The second kappa shape index (κ2) is 10.6. The van der Waals surface area contributed by atoms with Gasteiger partial charge in [0.25, 0.3) is 0 Å². The molecule has 5 heteroatoms. The molecule has 0 aromatic carbocycles. The zero-order valence-corrected chi connectivity index (χ0v) is 13.8. The third-order valence-corrected chi connectivity index (χ3v) is 4.50. The number of allylic oxidation sites excluding steroid dienone is 1. The van der Waals surface area contributed by atoms with Crippen LogP contribution in [0.3, 0.4) is 0 Å². The van der Waals surface area contributed by atoms with E-state index < -0.39 is 24.3 Å². The number of unbranched alkanes of at least 4 members (excludes halogenated alkanes) is 2. The number of aliphatic carboxylic acids is 1. The van der Waals surface area contributed by atoms with Crippen molar-refractivity contribution in [2.24, 2.45) is 11.8 Å². The summed E-state index contributed by atoms with van der Waals surface area (Å²) in [5.41, 5.74) is 0. The van der Waals surface area contributed by atoms with E-state index in [1.807, 2.05) is 25.2 Å². The molecule has 0 aromatic heterocycles. The first-order valence-corrected chi connectivity index (χ1v) is 8.55. The lowest BCUT2D eigenvalue weighted by molar-refractivity contribution is -0.137. The smallest absolute Gasteiger partial charge is 0.303 e. The van der Waals surface area contributed by atoms with Crippen LogP contribution in [-0.4, -0.2) is 44.7 Å². The minimum Gasteiger partial charge on any atom is -0.481 e. The number of rotatable bonds is 10. The van der Waals surface area contributed by atoms with Gasteiger partial charge in [0.1, 0.15) is 0 Å². The van der Waals surface area contributed by atoms with Crippen molar-refractivity contribution in [3.63, 3.8) is 0 Å². The van der Waals surface area contributed by atoms with Crippen molar-refractivity contribution < 1.29 is 25.2 Å². The van der Waals surface area contributed by atoms with E-state index in [4.69, 9.17) is 5.11 Å². The van der Waals surface area contributed by atoms with Gasteiger partial charge in [-0.1, -0.05) is 37.6 Å². The number of carbonyl (C=O) groups is 1. The summed E-state index contributed by atoms with van der Waals surface area (Å²) in [5.74, 6) is -0.804. The molecule has 0 radical (unpaired) electrons. The van der Waals surface area contributed by atoms with E-state index in [0.717, 1.165) is 19.3 Å². The van der Waals surface area contributed by atoms with Gasteiger partial charge in [0, 0.05) is 18.8 Å². The zero-order chi connectivity index (χ0) is 17.2. The van der Waals surface area contributed by atoms with E-state index in [1.165, 1.54) is 0 Å². The van der Waals surface area contributed by atoms with Crippen LogP contribution in [0.4, 0.5) is 0 Å². The molecule has 1 fully saturated rings. The first-order valence-electron chi connectivity index (χ1n) is 8.55. The average Bonchev–Trinajstić information content (AvgIpc) is 2.76. The number of carboxylic acid groups (broad SMARTS) is 1. The van der Waals surface area contributed by atoms with Crippen LogP contribution in [0, 0.1) is 11.8 Å². The molecular formula is C18H30O5. The van der Waals surface area contributed by atoms with Gasteiger partial charge >= 0.3 is 5.97 Å². The van der Waals surface area contributed by atoms with E-state index >= 15 is 0 Å². The molecule has 0 aliphatic heterocycles. The Bertz CT molecular complexity index is 404. The first kappa shape index (κ1) is 19.9. The highest BCUT2D eigenvalue weighted by atomic mass is 16.4. The van der Waals surface area contributed by atoms with E-state index in [-0.39, 0.29) is 18.3 Å². The number of aliphatic hydroxyl groups is 3. The fourth-order valence-electron chi connectivity index (χ4n) is 3.16. The highest BCUT2D eigenvalue weighted by Gasteiger charge is 2.38. The van der Waals surface area contributed by atoms with Crippen LogP contribution in [0.25, 0.3) is 0 Å². The summed E-state index contributed by atoms with van der Waals surface area (Å²) in [6.07, 6.45) is 10.0. The Labute approximate surface area is 138 Å². The van der Waals surface area contributed by atoms with E-state index in [1.54, 1.807) is 6.08 Å². The third-order valence-electron chi connectivity index (χ3n) is 4.50. The summed E-state index contributed by atoms with van der Waals surface area (Å²) >= 11 is 0. The van der Waals surface area contributed by atoms with Crippen LogP contribution < -0.4 is 0 Å². The molecular weight excluding hydrogens is 296 g/mol. The van der Waals surface area contributed by atoms with Crippen molar-refractivity contribution in [1.82, 2.24) is 0 Å². The molecule has 0 unspecified atom stereocenters. The molecule has 0 amide bonds. The topological polar surface area (TPSA) is 98.0 Å². The van der Waals surface area contributed by atoms with Gasteiger partial charge in [0.05, 0.1) is 18.3 Å². The molecule has 1 aliphatic carbocycles. The molecule has 23 heavy (non-hydrogen) atoms. The molecule has 4 N–H and O–H groups in total. The van der Waals surface area contributed by atoms with E-state index in [2.05, 4.69) is 0 Å². The second-order valence-corrected chi connectivity index (χ2v) is 6.32. The quantitative estimate of drug-likeness (QED) is 0.365. The highest BCUT2D eigenvalue weighted by molar-refractivity contribution is 5.66. The van der Waals surface area contributed by atoms with Crippen molar-refractivity contribution in [3.05, 3.63) is 24.3 Å².